The number of carbonyl (C=O) groups is 2. The number of anilines is 1. The third-order valence-corrected chi connectivity index (χ3v) is 5.10. The van der Waals surface area contributed by atoms with Crippen LogP contribution >= 0.6 is 0 Å². The Morgan fingerprint density at radius 2 is 1.88 bits per heavy atom. The van der Waals surface area contributed by atoms with Crippen LogP contribution in [0.4, 0.5) is 5.69 Å². The van der Waals surface area contributed by atoms with E-state index in [1.165, 1.54) is 0 Å². The number of carbonyl (C=O) groups excluding carboxylic acids is 2. The van der Waals surface area contributed by atoms with E-state index >= 15 is 0 Å². The van der Waals surface area contributed by atoms with Crippen LogP contribution < -0.4 is 9.64 Å². The molecule has 1 aromatic heterocycles. The Labute approximate surface area is 151 Å². The van der Waals surface area contributed by atoms with Gasteiger partial charge in [-0.25, -0.2) is 0 Å². The molecule has 2 atom stereocenters. The second-order valence-electron chi connectivity index (χ2n) is 6.68. The second-order valence-corrected chi connectivity index (χ2v) is 6.68. The van der Waals surface area contributed by atoms with Gasteiger partial charge in [-0.15, -0.1) is 0 Å². The Hall–Kier alpha value is -2.90. The normalized spacial score (nSPS) is 22.9. The van der Waals surface area contributed by atoms with Gasteiger partial charge in [-0.05, 0) is 30.7 Å². The molecule has 2 aliphatic heterocycles. The summed E-state index contributed by atoms with van der Waals surface area (Å²) in [4.78, 5) is 30.5. The summed E-state index contributed by atoms with van der Waals surface area (Å²) in [5.41, 5.74) is 0.797. The molecule has 0 spiro atoms. The molecule has 2 aliphatic rings. The molecule has 0 aliphatic carbocycles. The first-order valence-corrected chi connectivity index (χ1v) is 8.74. The summed E-state index contributed by atoms with van der Waals surface area (Å²) in [6.07, 6.45) is 4.38. The van der Waals surface area contributed by atoms with Crippen LogP contribution in [0.25, 0.3) is 0 Å². The molecular weight excluding hydrogens is 334 g/mol. The fourth-order valence-electron chi connectivity index (χ4n) is 3.69. The monoisotopic (exact) mass is 355 g/mol. The first-order valence-electron chi connectivity index (χ1n) is 8.74. The largest absolute Gasteiger partial charge is 0.497 e. The third kappa shape index (κ3) is 3.02. The summed E-state index contributed by atoms with van der Waals surface area (Å²) in [5.74, 6) is 0.472. The van der Waals surface area contributed by atoms with Crippen LogP contribution in [-0.4, -0.2) is 58.5 Å². The van der Waals surface area contributed by atoms with Gasteiger partial charge in [-0.1, -0.05) is 0 Å². The van der Waals surface area contributed by atoms with Crippen molar-refractivity contribution in [3.8, 4) is 5.75 Å². The fraction of sp³-hybridized carbons (Fsp3) is 0.444. The number of nitrogens with zero attached hydrogens (tertiary/aromatic N) is 5. The highest BCUT2D eigenvalue weighted by atomic mass is 16.5. The summed E-state index contributed by atoms with van der Waals surface area (Å²) < 4.78 is 5.15. The van der Waals surface area contributed by atoms with Crippen molar-refractivity contribution in [2.45, 2.75) is 18.9 Å². The van der Waals surface area contributed by atoms with E-state index in [4.69, 9.17) is 4.74 Å². The minimum atomic E-state index is -0.297. The van der Waals surface area contributed by atoms with Crippen LogP contribution in [0.3, 0.4) is 0 Å². The SMILES string of the molecule is COc1ccc(N2CC(C(=O)N3CCC(n4nccn4)C3)CC2=O)cc1. The minimum Gasteiger partial charge on any atom is -0.497 e. The summed E-state index contributed by atoms with van der Waals surface area (Å²) in [7, 11) is 1.60. The highest BCUT2D eigenvalue weighted by molar-refractivity contribution is 6.00. The average molecular weight is 355 g/mol. The van der Waals surface area contributed by atoms with Crippen molar-refractivity contribution in [3.63, 3.8) is 0 Å². The Bertz CT molecular complexity index is 790. The molecule has 136 valence electrons. The number of rotatable bonds is 4. The van der Waals surface area contributed by atoms with Gasteiger partial charge in [-0.2, -0.15) is 15.0 Å². The fourth-order valence-corrected chi connectivity index (χ4v) is 3.69. The van der Waals surface area contributed by atoms with E-state index in [1.807, 2.05) is 29.2 Å². The van der Waals surface area contributed by atoms with Crippen LogP contribution in [0.15, 0.2) is 36.7 Å². The Morgan fingerprint density at radius 1 is 1.15 bits per heavy atom. The molecule has 2 saturated heterocycles. The quantitative estimate of drug-likeness (QED) is 0.821. The molecule has 26 heavy (non-hydrogen) atoms. The predicted molar refractivity (Wildman–Crippen MR) is 93.7 cm³/mol. The predicted octanol–water partition coefficient (Wildman–Crippen LogP) is 1.11. The number of hydrogen-bond donors (Lipinski definition) is 0. The standard InChI is InChI=1S/C18H21N5O3/c1-26-16-4-2-14(3-5-16)22-11-13(10-17(22)24)18(25)21-9-6-15(12-21)23-19-7-8-20-23/h2-5,7-8,13,15H,6,9-12H2,1H3. The lowest BCUT2D eigenvalue weighted by Gasteiger charge is -2.21. The van der Waals surface area contributed by atoms with E-state index in [-0.39, 0.29) is 30.2 Å². The zero-order valence-electron chi connectivity index (χ0n) is 14.6. The van der Waals surface area contributed by atoms with Gasteiger partial charge in [0.1, 0.15) is 5.75 Å². The number of methoxy groups -OCH3 is 1. The molecule has 4 rings (SSSR count). The molecule has 1 aromatic carbocycles. The zero-order valence-corrected chi connectivity index (χ0v) is 14.6. The Kier molecular flexibility index (Phi) is 4.32. The van der Waals surface area contributed by atoms with Crippen molar-refractivity contribution in [2.75, 3.05) is 31.6 Å². The number of ether oxygens (including phenoxy) is 1. The van der Waals surface area contributed by atoms with Gasteiger partial charge in [0.2, 0.25) is 11.8 Å². The molecule has 0 saturated carbocycles. The maximum atomic E-state index is 12.9. The van der Waals surface area contributed by atoms with Gasteiger partial charge < -0.3 is 14.5 Å². The van der Waals surface area contributed by atoms with Crippen LogP contribution in [0, 0.1) is 5.92 Å². The lowest BCUT2D eigenvalue weighted by atomic mass is 10.1. The minimum absolute atomic E-state index is 0.0157. The highest BCUT2D eigenvalue weighted by Crippen LogP contribution is 2.29. The molecule has 0 radical (unpaired) electrons. The van der Waals surface area contributed by atoms with E-state index in [1.54, 1.807) is 29.2 Å². The van der Waals surface area contributed by atoms with Crippen molar-refractivity contribution >= 4 is 17.5 Å². The molecular formula is C18H21N5O3. The number of amides is 2. The molecule has 0 N–H and O–H groups in total. The molecule has 2 fully saturated rings. The number of hydrogen-bond acceptors (Lipinski definition) is 5. The topological polar surface area (TPSA) is 80.6 Å². The van der Waals surface area contributed by atoms with Crippen LogP contribution in [0.1, 0.15) is 18.9 Å². The van der Waals surface area contributed by atoms with E-state index in [0.29, 0.717) is 19.6 Å². The molecule has 0 bridgehead atoms. The van der Waals surface area contributed by atoms with Crippen molar-refractivity contribution in [2.24, 2.45) is 5.92 Å². The maximum Gasteiger partial charge on any atom is 0.228 e. The summed E-state index contributed by atoms with van der Waals surface area (Å²) >= 11 is 0. The summed E-state index contributed by atoms with van der Waals surface area (Å²) in [6, 6.07) is 7.45. The summed E-state index contributed by atoms with van der Waals surface area (Å²) in [6.45, 7) is 1.70. The van der Waals surface area contributed by atoms with Gasteiger partial charge in [0.15, 0.2) is 0 Å². The molecule has 3 heterocycles. The molecule has 8 heteroatoms. The van der Waals surface area contributed by atoms with Gasteiger partial charge in [0.25, 0.3) is 0 Å². The van der Waals surface area contributed by atoms with Crippen LogP contribution in [-0.2, 0) is 9.59 Å². The highest BCUT2D eigenvalue weighted by Gasteiger charge is 2.39. The second kappa shape index (κ2) is 6.78. The van der Waals surface area contributed by atoms with Crippen molar-refractivity contribution in [1.29, 1.82) is 0 Å². The van der Waals surface area contributed by atoms with Crippen LogP contribution in [0.2, 0.25) is 0 Å². The van der Waals surface area contributed by atoms with Crippen LogP contribution in [0.5, 0.6) is 5.75 Å². The smallest absolute Gasteiger partial charge is 0.228 e. The van der Waals surface area contributed by atoms with Gasteiger partial charge in [0.05, 0.1) is 31.5 Å². The van der Waals surface area contributed by atoms with Crippen molar-refractivity contribution < 1.29 is 14.3 Å². The van der Waals surface area contributed by atoms with Gasteiger partial charge in [-0.3, -0.25) is 9.59 Å². The number of benzene rings is 1. The van der Waals surface area contributed by atoms with Crippen molar-refractivity contribution in [3.05, 3.63) is 36.7 Å². The zero-order chi connectivity index (χ0) is 18.1. The first-order chi connectivity index (χ1) is 12.7. The van der Waals surface area contributed by atoms with E-state index in [9.17, 15) is 9.59 Å². The first kappa shape index (κ1) is 16.6. The third-order valence-electron chi connectivity index (χ3n) is 5.10. The van der Waals surface area contributed by atoms with Gasteiger partial charge >= 0.3 is 0 Å². The number of aromatic nitrogens is 3. The Balaban J connectivity index is 1.41. The lowest BCUT2D eigenvalue weighted by molar-refractivity contribution is -0.134. The van der Waals surface area contributed by atoms with E-state index in [0.717, 1.165) is 17.9 Å². The summed E-state index contributed by atoms with van der Waals surface area (Å²) in [5, 5.41) is 8.32. The van der Waals surface area contributed by atoms with Crippen molar-refractivity contribution in [1.82, 2.24) is 19.9 Å². The lowest BCUT2D eigenvalue weighted by Crippen LogP contribution is -2.36. The van der Waals surface area contributed by atoms with E-state index < -0.39 is 0 Å². The molecule has 2 unspecified atom stereocenters. The van der Waals surface area contributed by atoms with Gasteiger partial charge in [0, 0.05) is 31.7 Å². The maximum absolute atomic E-state index is 12.9. The van der Waals surface area contributed by atoms with E-state index in [2.05, 4.69) is 10.2 Å². The molecule has 8 nitrogen and oxygen atoms in total. The Morgan fingerprint density at radius 3 is 2.58 bits per heavy atom. The average Bonchev–Trinajstić information content (AvgIpc) is 3.41. The number of likely N-dealkylation sites (tertiary alicyclic amines) is 1. The molecule has 2 aromatic rings. The molecule has 2 amide bonds.